The maximum absolute atomic E-state index is 13.2. The van der Waals surface area contributed by atoms with Gasteiger partial charge in [-0.15, -0.1) is 10.2 Å². The monoisotopic (exact) mass is 391 g/mol. The van der Waals surface area contributed by atoms with Crippen LogP contribution in [-0.4, -0.2) is 48.3 Å². The fraction of sp³-hybridized carbons (Fsp3) is 0.318. The normalized spacial score (nSPS) is 16.9. The molecule has 2 heterocycles. The second kappa shape index (κ2) is 7.31. The van der Waals surface area contributed by atoms with Gasteiger partial charge in [-0.2, -0.15) is 0 Å². The fourth-order valence-corrected chi connectivity index (χ4v) is 3.80. The van der Waals surface area contributed by atoms with Crippen molar-refractivity contribution in [2.75, 3.05) is 36.0 Å². The van der Waals surface area contributed by atoms with Gasteiger partial charge in [0.1, 0.15) is 5.82 Å². The highest BCUT2D eigenvalue weighted by Gasteiger charge is 2.27. The Bertz CT molecular complexity index is 1040. The molecule has 2 fully saturated rings. The Morgan fingerprint density at radius 1 is 0.897 bits per heavy atom. The van der Waals surface area contributed by atoms with Crippen LogP contribution in [-0.2, 0) is 0 Å². The topological polar surface area (TPSA) is 61.4 Å². The van der Waals surface area contributed by atoms with Gasteiger partial charge >= 0.3 is 0 Å². The third-order valence-corrected chi connectivity index (χ3v) is 5.57. The van der Waals surface area contributed by atoms with Crippen LogP contribution in [0.15, 0.2) is 48.5 Å². The zero-order chi connectivity index (χ0) is 19.8. The number of anilines is 2. The number of carbonyl (C=O) groups excluding carboxylic acids is 1. The van der Waals surface area contributed by atoms with E-state index >= 15 is 0 Å². The van der Waals surface area contributed by atoms with Crippen LogP contribution in [0.5, 0.6) is 0 Å². The highest BCUT2D eigenvalue weighted by atomic mass is 19.1. The maximum atomic E-state index is 13.2. The SMILES string of the molecule is O=C(NC1CC1)c1nnc(N2CCN(c3ccc(F)cc3)CC2)c2ccccc12. The first kappa shape index (κ1) is 17.8. The van der Waals surface area contributed by atoms with E-state index in [2.05, 4.69) is 25.3 Å². The molecule has 1 aliphatic heterocycles. The summed E-state index contributed by atoms with van der Waals surface area (Å²) < 4.78 is 13.2. The lowest BCUT2D eigenvalue weighted by Gasteiger charge is -2.37. The molecule has 0 bridgehead atoms. The molecule has 1 aromatic heterocycles. The Kier molecular flexibility index (Phi) is 4.50. The van der Waals surface area contributed by atoms with Crippen molar-refractivity contribution in [2.45, 2.75) is 18.9 Å². The number of hydrogen-bond donors (Lipinski definition) is 1. The minimum atomic E-state index is -0.222. The van der Waals surface area contributed by atoms with Crippen LogP contribution in [0.2, 0.25) is 0 Å². The second-order valence-electron chi connectivity index (χ2n) is 7.62. The molecule has 1 saturated carbocycles. The number of nitrogens with zero attached hydrogens (tertiary/aromatic N) is 4. The van der Waals surface area contributed by atoms with E-state index in [-0.39, 0.29) is 17.8 Å². The van der Waals surface area contributed by atoms with Gasteiger partial charge in [0.2, 0.25) is 0 Å². The van der Waals surface area contributed by atoms with E-state index in [1.165, 1.54) is 12.1 Å². The van der Waals surface area contributed by atoms with Crippen LogP contribution in [0, 0.1) is 5.82 Å². The van der Waals surface area contributed by atoms with Crippen molar-refractivity contribution in [3.63, 3.8) is 0 Å². The van der Waals surface area contributed by atoms with Crippen molar-refractivity contribution in [3.05, 3.63) is 60.0 Å². The van der Waals surface area contributed by atoms with Gasteiger partial charge in [0, 0.05) is 48.7 Å². The lowest BCUT2D eigenvalue weighted by Crippen LogP contribution is -2.47. The summed E-state index contributed by atoms with van der Waals surface area (Å²) in [7, 11) is 0. The van der Waals surface area contributed by atoms with Crippen molar-refractivity contribution in [2.24, 2.45) is 0 Å². The number of carbonyl (C=O) groups is 1. The molecular weight excluding hydrogens is 369 g/mol. The Morgan fingerprint density at radius 2 is 1.55 bits per heavy atom. The van der Waals surface area contributed by atoms with Crippen LogP contribution in [0.25, 0.3) is 10.8 Å². The zero-order valence-corrected chi connectivity index (χ0v) is 16.0. The minimum absolute atomic E-state index is 0.149. The first-order valence-corrected chi connectivity index (χ1v) is 10.0. The number of hydrogen-bond acceptors (Lipinski definition) is 5. The Labute approximate surface area is 168 Å². The summed E-state index contributed by atoms with van der Waals surface area (Å²) in [6.45, 7) is 3.18. The molecule has 1 amide bonds. The number of halogens is 1. The molecule has 1 N–H and O–H groups in total. The van der Waals surface area contributed by atoms with Crippen LogP contribution < -0.4 is 15.1 Å². The molecule has 2 aromatic carbocycles. The lowest BCUT2D eigenvalue weighted by molar-refractivity contribution is 0.0947. The van der Waals surface area contributed by atoms with E-state index in [1.54, 1.807) is 0 Å². The summed E-state index contributed by atoms with van der Waals surface area (Å²) in [5.41, 5.74) is 1.41. The van der Waals surface area contributed by atoms with E-state index in [4.69, 9.17) is 0 Å². The summed E-state index contributed by atoms with van der Waals surface area (Å²) in [4.78, 5) is 17.0. The molecule has 29 heavy (non-hydrogen) atoms. The Balaban J connectivity index is 1.38. The summed E-state index contributed by atoms with van der Waals surface area (Å²) in [6, 6.07) is 14.7. The van der Waals surface area contributed by atoms with Crippen LogP contribution in [0.4, 0.5) is 15.9 Å². The first-order valence-electron chi connectivity index (χ1n) is 10.0. The van der Waals surface area contributed by atoms with Crippen molar-refractivity contribution < 1.29 is 9.18 Å². The second-order valence-corrected chi connectivity index (χ2v) is 7.62. The molecule has 2 aliphatic rings. The Morgan fingerprint density at radius 3 is 2.24 bits per heavy atom. The largest absolute Gasteiger partial charge is 0.368 e. The number of rotatable bonds is 4. The predicted molar refractivity (Wildman–Crippen MR) is 111 cm³/mol. The number of benzene rings is 2. The van der Waals surface area contributed by atoms with Gasteiger partial charge in [-0.05, 0) is 37.1 Å². The van der Waals surface area contributed by atoms with Gasteiger partial charge in [0.05, 0.1) is 0 Å². The molecule has 3 aromatic rings. The van der Waals surface area contributed by atoms with Gasteiger partial charge < -0.3 is 15.1 Å². The fourth-order valence-electron chi connectivity index (χ4n) is 3.80. The standard InChI is InChI=1S/C22H22FN5O/c23-15-5-9-17(10-6-15)27-11-13-28(14-12-27)21-19-4-2-1-3-18(19)20(25-26-21)22(29)24-16-7-8-16/h1-6,9-10,16H,7-8,11-14H2,(H,24,29). The van der Waals surface area contributed by atoms with Crippen LogP contribution in [0.3, 0.4) is 0 Å². The van der Waals surface area contributed by atoms with Crippen LogP contribution in [0.1, 0.15) is 23.3 Å². The lowest BCUT2D eigenvalue weighted by atomic mass is 10.1. The smallest absolute Gasteiger partial charge is 0.272 e. The number of amides is 1. The average Bonchev–Trinajstić information content (AvgIpc) is 3.58. The summed E-state index contributed by atoms with van der Waals surface area (Å²) in [5.74, 6) is 0.436. The molecule has 0 atom stereocenters. The molecule has 7 heteroatoms. The van der Waals surface area contributed by atoms with E-state index in [1.807, 2.05) is 36.4 Å². The van der Waals surface area contributed by atoms with Crippen molar-refractivity contribution >= 4 is 28.2 Å². The molecule has 148 valence electrons. The zero-order valence-electron chi connectivity index (χ0n) is 16.0. The summed E-state index contributed by atoms with van der Waals surface area (Å²) in [6.07, 6.45) is 2.07. The molecule has 6 nitrogen and oxygen atoms in total. The van der Waals surface area contributed by atoms with E-state index in [0.717, 1.165) is 61.3 Å². The summed E-state index contributed by atoms with van der Waals surface area (Å²) in [5, 5.41) is 13.5. The van der Waals surface area contributed by atoms with Crippen LogP contribution >= 0.6 is 0 Å². The quantitative estimate of drug-likeness (QED) is 0.741. The number of piperazine rings is 1. The molecule has 5 rings (SSSR count). The van der Waals surface area contributed by atoms with Gasteiger partial charge in [-0.3, -0.25) is 4.79 Å². The number of aromatic nitrogens is 2. The maximum Gasteiger partial charge on any atom is 0.272 e. The van der Waals surface area contributed by atoms with Crippen molar-refractivity contribution in [1.82, 2.24) is 15.5 Å². The molecule has 0 radical (unpaired) electrons. The third kappa shape index (κ3) is 3.60. The van der Waals surface area contributed by atoms with Gasteiger partial charge in [0.25, 0.3) is 5.91 Å². The number of fused-ring (bicyclic) bond motifs is 1. The third-order valence-electron chi connectivity index (χ3n) is 5.57. The molecule has 0 spiro atoms. The van der Waals surface area contributed by atoms with Gasteiger partial charge in [-0.25, -0.2) is 4.39 Å². The van der Waals surface area contributed by atoms with E-state index in [0.29, 0.717) is 5.69 Å². The van der Waals surface area contributed by atoms with Gasteiger partial charge in [-0.1, -0.05) is 24.3 Å². The average molecular weight is 391 g/mol. The highest BCUT2D eigenvalue weighted by molar-refractivity contribution is 6.07. The van der Waals surface area contributed by atoms with Crippen molar-refractivity contribution in [3.8, 4) is 0 Å². The molecule has 1 saturated heterocycles. The van der Waals surface area contributed by atoms with E-state index in [9.17, 15) is 9.18 Å². The first-order chi connectivity index (χ1) is 14.2. The minimum Gasteiger partial charge on any atom is -0.368 e. The Hall–Kier alpha value is -3.22. The predicted octanol–water partition coefficient (Wildman–Crippen LogP) is 2.99. The number of nitrogens with one attached hydrogen (secondary N) is 1. The molecular formula is C22H22FN5O. The van der Waals surface area contributed by atoms with E-state index < -0.39 is 0 Å². The van der Waals surface area contributed by atoms with Gasteiger partial charge in [0.15, 0.2) is 11.5 Å². The highest BCUT2D eigenvalue weighted by Crippen LogP contribution is 2.28. The van der Waals surface area contributed by atoms with Crippen molar-refractivity contribution in [1.29, 1.82) is 0 Å². The summed E-state index contributed by atoms with van der Waals surface area (Å²) >= 11 is 0. The molecule has 0 unspecified atom stereocenters. The molecule has 1 aliphatic carbocycles.